The van der Waals surface area contributed by atoms with Crippen LogP contribution in [0.2, 0.25) is 0 Å². The van der Waals surface area contributed by atoms with E-state index in [1.165, 1.54) is 0 Å². The molecule has 0 bridgehead atoms. The van der Waals surface area contributed by atoms with E-state index >= 15 is 0 Å². The van der Waals surface area contributed by atoms with Gasteiger partial charge in [0.05, 0.1) is 7.11 Å². The van der Waals surface area contributed by atoms with Gasteiger partial charge in [0.15, 0.2) is 5.96 Å². The maximum atomic E-state index is 13.1. The van der Waals surface area contributed by atoms with Crippen molar-refractivity contribution < 1.29 is 14.3 Å². The molecule has 0 unspecified atom stereocenters. The first kappa shape index (κ1) is 25.5. The number of methoxy groups -OCH3 is 1. The summed E-state index contributed by atoms with van der Waals surface area (Å²) in [4.78, 5) is 29.7. The first-order chi connectivity index (χ1) is 15.5. The van der Waals surface area contributed by atoms with Crippen LogP contribution in [0.1, 0.15) is 23.2 Å². The van der Waals surface area contributed by atoms with Gasteiger partial charge in [-0.25, -0.2) is 0 Å². The molecule has 0 radical (unpaired) electrons. The number of fused-ring (bicyclic) bond motifs is 1. The molecule has 3 rings (SSSR count). The number of amides is 2. The van der Waals surface area contributed by atoms with Crippen LogP contribution in [0.25, 0.3) is 10.8 Å². The lowest BCUT2D eigenvalue weighted by Crippen LogP contribution is -2.44. The van der Waals surface area contributed by atoms with Gasteiger partial charge in [-0.15, -0.1) is 12.4 Å². The number of carbonyl (C=O) groups is 2. The number of nitrogens with zero attached hydrogens (tertiary/aromatic N) is 1. The van der Waals surface area contributed by atoms with Gasteiger partial charge in [0, 0.05) is 29.2 Å². The molecule has 0 aliphatic rings. The van der Waals surface area contributed by atoms with Crippen LogP contribution in [-0.2, 0) is 4.79 Å². The normalized spacial score (nSPS) is 11.1. The summed E-state index contributed by atoms with van der Waals surface area (Å²) < 4.78 is 5.47. The highest BCUT2D eigenvalue weighted by Crippen LogP contribution is 2.29. The fourth-order valence-electron chi connectivity index (χ4n) is 3.35. The number of ether oxygens (including phenoxy) is 1. The van der Waals surface area contributed by atoms with Gasteiger partial charge in [-0.05, 0) is 36.4 Å². The number of nitrogens with one attached hydrogen (secondary N) is 2. The molecule has 0 aliphatic carbocycles. The molecule has 0 saturated carbocycles. The molecule has 9 heteroatoms. The van der Waals surface area contributed by atoms with Crippen molar-refractivity contribution in [2.24, 2.45) is 16.5 Å². The fourth-order valence-corrected chi connectivity index (χ4v) is 3.35. The van der Waals surface area contributed by atoms with Crippen LogP contribution in [0.3, 0.4) is 0 Å². The minimum absolute atomic E-state index is 0. The van der Waals surface area contributed by atoms with E-state index in [1.54, 1.807) is 37.4 Å². The molecule has 0 spiro atoms. The Morgan fingerprint density at radius 1 is 1.03 bits per heavy atom. The van der Waals surface area contributed by atoms with Crippen LogP contribution in [0.4, 0.5) is 5.69 Å². The molecule has 33 heavy (non-hydrogen) atoms. The number of aliphatic imine (C=N–C) groups is 1. The average Bonchev–Trinajstić information content (AvgIpc) is 2.80. The first-order valence-corrected chi connectivity index (χ1v) is 10.3. The van der Waals surface area contributed by atoms with Gasteiger partial charge >= 0.3 is 0 Å². The number of rotatable bonds is 9. The van der Waals surface area contributed by atoms with Crippen LogP contribution < -0.4 is 26.8 Å². The number of halogens is 1. The lowest BCUT2D eigenvalue weighted by atomic mass is 10.1. The maximum absolute atomic E-state index is 13.1. The van der Waals surface area contributed by atoms with E-state index in [1.807, 2.05) is 36.4 Å². The second-order valence-electron chi connectivity index (χ2n) is 7.23. The van der Waals surface area contributed by atoms with Gasteiger partial charge in [0.1, 0.15) is 11.8 Å². The van der Waals surface area contributed by atoms with Gasteiger partial charge in [0.2, 0.25) is 5.91 Å². The number of hydrogen-bond acceptors (Lipinski definition) is 4. The number of guanidine groups is 1. The van der Waals surface area contributed by atoms with Crippen LogP contribution in [0.15, 0.2) is 71.7 Å². The summed E-state index contributed by atoms with van der Waals surface area (Å²) in [6.07, 6.45) is 0.887. The van der Waals surface area contributed by atoms with Crippen molar-refractivity contribution in [1.29, 1.82) is 0 Å². The molecule has 0 aromatic heterocycles. The standard InChI is InChI=1S/C24H27N5O3.ClH/c1-32-21-15-18(14-17-10-5-6-11-19(17)21)28-23(31)20(12-7-13-27-24(25)26)29-22(30)16-8-3-2-4-9-16;/h2-6,8-11,14-15,20H,7,12-13H2,1H3,(H,28,31)(H,29,30)(H4,25,26,27);1H/t20-;/m1./s1. The number of benzene rings is 3. The highest BCUT2D eigenvalue weighted by molar-refractivity contribution is 6.02. The Morgan fingerprint density at radius 3 is 2.42 bits per heavy atom. The molecule has 1 atom stereocenters. The van der Waals surface area contributed by atoms with Gasteiger partial charge < -0.3 is 26.8 Å². The summed E-state index contributed by atoms with van der Waals surface area (Å²) in [6, 6.07) is 19.3. The van der Waals surface area contributed by atoms with Crippen molar-refractivity contribution >= 4 is 46.6 Å². The van der Waals surface area contributed by atoms with E-state index in [-0.39, 0.29) is 30.2 Å². The SMILES string of the molecule is COc1cc(NC(=O)[C@@H](CCCN=C(N)N)NC(=O)c2ccccc2)cc2ccccc12.Cl. The smallest absolute Gasteiger partial charge is 0.251 e. The van der Waals surface area contributed by atoms with Crippen LogP contribution in [0, 0.1) is 0 Å². The molecular weight excluding hydrogens is 442 g/mol. The van der Waals surface area contributed by atoms with Crippen molar-refractivity contribution in [3.8, 4) is 5.75 Å². The number of carbonyl (C=O) groups excluding carboxylic acids is 2. The van der Waals surface area contributed by atoms with Crippen molar-refractivity contribution in [2.45, 2.75) is 18.9 Å². The number of anilines is 1. The van der Waals surface area contributed by atoms with Crippen molar-refractivity contribution in [3.05, 3.63) is 72.3 Å². The summed E-state index contributed by atoms with van der Waals surface area (Å²) in [5.41, 5.74) is 11.8. The van der Waals surface area contributed by atoms with Gasteiger partial charge in [-0.2, -0.15) is 0 Å². The van der Waals surface area contributed by atoms with Gasteiger partial charge in [0.25, 0.3) is 5.91 Å². The predicted octanol–water partition coefficient (Wildman–Crippen LogP) is 3.06. The first-order valence-electron chi connectivity index (χ1n) is 10.3. The third kappa shape index (κ3) is 7.11. The summed E-state index contributed by atoms with van der Waals surface area (Å²) in [5, 5.41) is 7.58. The summed E-state index contributed by atoms with van der Waals surface area (Å²) in [6.45, 7) is 0.358. The zero-order valence-corrected chi connectivity index (χ0v) is 19.1. The third-order valence-corrected chi connectivity index (χ3v) is 4.91. The lowest BCUT2D eigenvalue weighted by Gasteiger charge is -2.19. The van der Waals surface area contributed by atoms with E-state index in [2.05, 4.69) is 15.6 Å². The van der Waals surface area contributed by atoms with Crippen molar-refractivity contribution in [1.82, 2.24) is 5.32 Å². The molecule has 0 fully saturated rings. The van der Waals surface area contributed by atoms with Crippen LogP contribution >= 0.6 is 12.4 Å². The van der Waals surface area contributed by atoms with Crippen molar-refractivity contribution in [2.75, 3.05) is 19.0 Å². The van der Waals surface area contributed by atoms with E-state index in [9.17, 15) is 9.59 Å². The van der Waals surface area contributed by atoms with Crippen molar-refractivity contribution in [3.63, 3.8) is 0 Å². The van der Waals surface area contributed by atoms with Gasteiger partial charge in [-0.3, -0.25) is 14.6 Å². The second-order valence-corrected chi connectivity index (χ2v) is 7.23. The molecular formula is C24H28ClN5O3. The molecule has 8 nitrogen and oxygen atoms in total. The Morgan fingerprint density at radius 2 is 1.73 bits per heavy atom. The molecule has 174 valence electrons. The quantitative estimate of drug-likeness (QED) is 0.217. The number of hydrogen-bond donors (Lipinski definition) is 4. The molecule has 0 heterocycles. The molecule has 2 amide bonds. The van der Waals surface area contributed by atoms with E-state index in [4.69, 9.17) is 16.2 Å². The second kappa shape index (κ2) is 12.3. The maximum Gasteiger partial charge on any atom is 0.251 e. The molecule has 3 aromatic rings. The fraction of sp³-hybridized carbons (Fsp3) is 0.208. The summed E-state index contributed by atoms with van der Waals surface area (Å²) in [7, 11) is 1.58. The lowest BCUT2D eigenvalue weighted by molar-refractivity contribution is -0.118. The number of nitrogens with two attached hydrogens (primary N) is 2. The zero-order valence-electron chi connectivity index (χ0n) is 18.3. The van der Waals surface area contributed by atoms with Crippen LogP contribution in [-0.4, -0.2) is 37.5 Å². The summed E-state index contributed by atoms with van der Waals surface area (Å²) in [5.74, 6) is -0.0291. The zero-order chi connectivity index (χ0) is 22.9. The summed E-state index contributed by atoms with van der Waals surface area (Å²) >= 11 is 0. The highest BCUT2D eigenvalue weighted by Gasteiger charge is 2.22. The Balaban J connectivity index is 0.00000385. The Bertz CT molecular complexity index is 1120. The topological polar surface area (TPSA) is 132 Å². The Hall–Kier alpha value is -3.78. The Kier molecular flexibility index (Phi) is 9.50. The largest absolute Gasteiger partial charge is 0.496 e. The molecule has 0 saturated heterocycles. The average molecular weight is 470 g/mol. The predicted molar refractivity (Wildman–Crippen MR) is 134 cm³/mol. The van der Waals surface area contributed by atoms with E-state index < -0.39 is 6.04 Å². The minimum Gasteiger partial charge on any atom is -0.496 e. The molecule has 0 aliphatic heterocycles. The Labute approximate surface area is 198 Å². The molecule has 3 aromatic carbocycles. The van der Waals surface area contributed by atoms with Gasteiger partial charge in [-0.1, -0.05) is 42.5 Å². The van der Waals surface area contributed by atoms with E-state index in [0.29, 0.717) is 36.4 Å². The monoisotopic (exact) mass is 469 g/mol. The minimum atomic E-state index is -0.769. The van der Waals surface area contributed by atoms with E-state index in [0.717, 1.165) is 10.8 Å². The molecule has 6 N–H and O–H groups in total. The highest BCUT2D eigenvalue weighted by atomic mass is 35.5. The van der Waals surface area contributed by atoms with Crippen LogP contribution in [0.5, 0.6) is 5.75 Å². The third-order valence-electron chi connectivity index (χ3n) is 4.91.